The number of unbranched alkanes of at least 4 members (excludes halogenated alkanes) is 2. The SMILES string of the molecule is CCCCCOP(C)(=S)OCCN1CCOCC1. The monoisotopic (exact) mass is 295 g/mol. The first-order chi connectivity index (χ1) is 8.64. The molecule has 1 rings (SSSR count). The summed E-state index contributed by atoms with van der Waals surface area (Å²) in [6, 6.07) is 0. The normalized spacial score (nSPS) is 20.8. The summed E-state index contributed by atoms with van der Waals surface area (Å²) in [6.45, 7) is 8.05. The summed E-state index contributed by atoms with van der Waals surface area (Å²) in [4.78, 5) is 2.34. The Labute approximate surface area is 116 Å². The molecule has 1 fully saturated rings. The van der Waals surface area contributed by atoms with Crippen LogP contribution in [-0.4, -0.2) is 57.6 Å². The summed E-state index contributed by atoms with van der Waals surface area (Å²) in [5.41, 5.74) is 0. The smallest absolute Gasteiger partial charge is 0.185 e. The maximum atomic E-state index is 5.73. The van der Waals surface area contributed by atoms with E-state index in [2.05, 4.69) is 11.8 Å². The molecule has 0 aromatic rings. The van der Waals surface area contributed by atoms with Crippen molar-refractivity contribution < 1.29 is 13.8 Å². The van der Waals surface area contributed by atoms with E-state index in [4.69, 9.17) is 25.6 Å². The van der Waals surface area contributed by atoms with E-state index in [9.17, 15) is 0 Å². The minimum Gasteiger partial charge on any atom is -0.379 e. The number of hydrogen-bond acceptors (Lipinski definition) is 5. The van der Waals surface area contributed by atoms with Crippen LogP contribution < -0.4 is 0 Å². The third-order valence-corrected chi connectivity index (χ3v) is 4.85. The first-order valence-electron chi connectivity index (χ1n) is 6.81. The third-order valence-electron chi connectivity index (χ3n) is 2.91. The van der Waals surface area contributed by atoms with Gasteiger partial charge in [-0.05, 0) is 18.2 Å². The highest BCUT2D eigenvalue weighted by molar-refractivity contribution is 8.09. The maximum Gasteiger partial charge on any atom is 0.185 e. The molecule has 0 radical (unpaired) electrons. The first kappa shape index (κ1) is 16.5. The van der Waals surface area contributed by atoms with Gasteiger partial charge in [0.2, 0.25) is 0 Å². The Bertz CT molecular complexity index is 260. The number of hydrogen-bond donors (Lipinski definition) is 0. The second-order valence-corrected chi connectivity index (χ2v) is 8.65. The largest absolute Gasteiger partial charge is 0.379 e. The van der Waals surface area contributed by atoms with E-state index in [1.807, 2.05) is 6.66 Å². The summed E-state index contributed by atoms with van der Waals surface area (Å²) in [5.74, 6) is 0. The molecule has 1 heterocycles. The van der Waals surface area contributed by atoms with Crippen molar-refractivity contribution in [1.29, 1.82) is 0 Å². The molecule has 1 unspecified atom stereocenters. The van der Waals surface area contributed by atoms with E-state index in [0.29, 0.717) is 6.61 Å². The molecule has 4 nitrogen and oxygen atoms in total. The lowest BCUT2D eigenvalue weighted by Gasteiger charge is -2.27. The fraction of sp³-hybridized carbons (Fsp3) is 1.00. The van der Waals surface area contributed by atoms with Crippen LogP contribution >= 0.6 is 6.49 Å². The Balaban J connectivity index is 2.06. The second-order valence-electron chi connectivity index (χ2n) is 4.60. The number of morpholine rings is 1. The van der Waals surface area contributed by atoms with Crippen LogP contribution in [0.15, 0.2) is 0 Å². The molecule has 0 aliphatic carbocycles. The van der Waals surface area contributed by atoms with Gasteiger partial charge >= 0.3 is 0 Å². The molecule has 1 aliphatic rings. The Morgan fingerprint density at radius 3 is 2.50 bits per heavy atom. The predicted molar refractivity (Wildman–Crippen MR) is 78.9 cm³/mol. The molecule has 0 spiro atoms. The highest BCUT2D eigenvalue weighted by Gasteiger charge is 2.14. The number of rotatable bonds is 9. The van der Waals surface area contributed by atoms with E-state index in [1.165, 1.54) is 12.8 Å². The van der Waals surface area contributed by atoms with Gasteiger partial charge in [0.15, 0.2) is 6.49 Å². The van der Waals surface area contributed by atoms with Gasteiger partial charge in [-0.3, -0.25) is 4.90 Å². The zero-order valence-electron chi connectivity index (χ0n) is 11.6. The van der Waals surface area contributed by atoms with Gasteiger partial charge in [-0.1, -0.05) is 19.8 Å². The second kappa shape index (κ2) is 9.40. The van der Waals surface area contributed by atoms with E-state index >= 15 is 0 Å². The molecule has 6 heteroatoms. The number of nitrogens with zero attached hydrogens (tertiary/aromatic N) is 1. The Kier molecular flexibility index (Phi) is 8.64. The fourth-order valence-corrected chi connectivity index (χ4v) is 3.18. The summed E-state index contributed by atoms with van der Waals surface area (Å²) in [6.07, 6.45) is 3.48. The van der Waals surface area contributed by atoms with Crippen molar-refractivity contribution in [2.45, 2.75) is 26.2 Å². The zero-order chi connectivity index (χ0) is 13.3. The van der Waals surface area contributed by atoms with Gasteiger partial charge in [0, 0.05) is 26.3 Å². The van der Waals surface area contributed by atoms with Crippen LogP contribution in [-0.2, 0) is 25.6 Å². The summed E-state index contributed by atoms with van der Waals surface area (Å²) in [5, 5.41) is 0. The number of ether oxygens (including phenoxy) is 1. The van der Waals surface area contributed by atoms with Gasteiger partial charge in [-0.25, -0.2) is 0 Å². The molecular weight excluding hydrogens is 269 g/mol. The highest BCUT2D eigenvalue weighted by Crippen LogP contribution is 2.44. The minimum absolute atomic E-state index is 0.668. The maximum absolute atomic E-state index is 5.73. The molecule has 0 saturated carbocycles. The van der Waals surface area contributed by atoms with Crippen LogP contribution in [0.3, 0.4) is 0 Å². The van der Waals surface area contributed by atoms with Gasteiger partial charge < -0.3 is 13.8 Å². The lowest BCUT2D eigenvalue weighted by molar-refractivity contribution is 0.0320. The predicted octanol–water partition coefficient (Wildman–Crippen LogP) is 2.48. The molecule has 0 amide bonds. The molecule has 1 aliphatic heterocycles. The minimum atomic E-state index is -2.02. The summed E-state index contributed by atoms with van der Waals surface area (Å²) in [7, 11) is 0. The molecule has 0 bridgehead atoms. The van der Waals surface area contributed by atoms with Crippen LogP contribution in [0.2, 0.25) is 0 Å². The van der Waals surface area contributed by atoms with E-state index in [0.717, 1.165) is 45.9 Å². The van der Waals surface area contributed by atoms with Gasteiger partial charge in [0.25, 0.3) is 0 Å². The van der Waals surface area contributed by atoms with Crippen LogP contribution in [0.4, 0.5) is 0 Å². The van der Waals surface area contributed by atoms with Crippen molar-refractivity contribution >= 4 is 18.3 Å². The van der Waals surface area contributed by atoms with E-state index < -0.39 is 6.49 Å². The fourth-order valence-electron chi connectivity index (χ4n) is 1.78. The Morgan fingerprint density at radius 1 is 1.17 bits per heavy atom. The molecule has 1 saturated heterocycles. The van der Waals surface area contributed by atoms with Gasteiger partial charge in [-0.15, -0.1) is 0 Å². The molecule has 0 aromatic carbocycles. The molecule has 0 N–H and O–H groups in total. The first-order valence-corrected chi connectivity index (χ1v) is 9.89. The average Bonchev–Trinajstić information content (AvgIpc) is 2.36. The lowest BCUT2D eigenvalue weighted by Crippen LogP contribution is -2.38. The van der Waals surface area contributed by atoms with Crippen molar-refractivity contribution in [1.82, 2.24) is 4.90 Å². The third kappa shape index (κ3) is 7.82. The summed E-state index contributed by atoms with van der Waals surface area (Å²) >= 11 is 5.38. The quantitative estimate of drug-likeness (QED) is 0.482. The van der Waals surface area contributed by atoms with Crippen LogP contribution in [0.5, 0.6) is 0 Å². The van der Waals surface area contributed by atoms with Crippen molar-refractivity contribution in [2.24, 2.45) is 0 Å². The standard InChI is InChI=1S/C12H26NO3PS/c1-3-4-5-9-15-17(2,18)16-12-8-13-6-10-14-11-7-13/h3-12H2,1-2H3. The topological polar surface area (TPSA) is 30.9 Å². The van der Waals surface area contributed by atoms with Gasteiger partial charge in [-0.2, -0.15) is 0 Å². The van der Waals surface area contributed by atoms with Crippen molar-refractivity contribution in [2.75, 3.05) is 52.7 Å². The molecule has 0 aromatic heterocycles. The van der Waals surface area contributed by atoms with Gasteiger partial charge in [0.1, 0.15) is 0 Å². The molecule has 18 heavy (non-hydrogen) atoms. The zero-order valence-corrected chi connectivity index (χ0v) is 13.3. The lowest BCUT2D eigenvalue weighted by atomic mass is 10.3. The van der Waals surface area contributed by atoms with Crippen molar-refractivity contribution in [3.63, 3.8) is 0 Å². The van der Waals surface area contributed by atoms with E-state index in [-0.39, 0.29) is 0 Å². The Morgan fingerprint density at radius 2 is 1.83 bits per heavy atom. The van der Waals surface area contributed by atoms with Crippen LogP contribution in [0, 0.1) is 0 Å². The van der Waals surface area contributed by atoms with Crippen LogP contribution in [0.25, 0.3) is 0 Å². The van der Waals surface area contributed by atoms with Crippen LogP contribution in [0.1, 0.15) is 26.2 Å². The highest BCUT2D eigenvalue weighted by atomic mass is 32.5. The van der Waals surface area contributed by atoms with Gasteiger partial charge in [0.05, 0.1) is 26.4 Å². The Hall–Kier alpha value is 0.490. The van der Waals surface area contributed by atoms with Crippen molar-refractivity contribution in [3.05, 3.63) is 0 Å². The van der Waals surface area contributed by atoms with E-state index in [1.54, 1.807) is 0 Å². The van der Waals surface area contributed by atoms with Crippen molar-refractivity contribution in [3.8, 4) is 0 Å². The molecule has 1 atom stereocenters. The summed E-state index contributed by atoms with van der Waals surface area (Å²) < 4.78 is 16.7. The molecule has 108 valence electrons. The average molecular weight is 295 g/mol. The molecular formula is C12H26NO3PS.